The molecule has 0 unspecified atom stereocenters. The molecule has 0 saturated carbocycles. The number of rotatable bonds is 6. The van der Waals surface area contributed by atoms with E-state index >= 15 is 0 Å². The number of carbonyl (C=O) groups excluding carboxylic acids is 2. The predicted octanol–water partition coefficient (Wildman–Crippen LogP) is 0.276. The van der Waals surface area contributed by atoms with Gasteiger partial charge in [0.1, 0.15) is 6.04 Å². The Morgan fingerprint density at radius 1 is 1.33 bits per heavy atom. The number of carbonyl (C=O) groups is 2. The normalized spacial score (nSPS) is 11.7. The summed E-state index contributed by atoms with van der Waals surface area (Å²) in [6.07, 6.45) is 1.58. The fourth-order valence-electron chi connectivity index (χ4n) is 1.36. The van der Waals surface area contributed by atoms with Crippen molar-refractivity contribution in [3.8, 4) is 0 Å². The number of hydrogen-bond donors (Lipinski definition) is 1. The van der Waals surface area contributed by atoms with Crippen LogP contribution < -0.4 is 5.32 Å². The van der Waals surface area contributed by atoms with Gasteiger partial charge in [0.15, 0.2) is 0 Å². The van der Waals surface area contributed by atoms with Crippen molar-refractivity contribution in [3.05, 3.63) is 30.1 Å². The lowest BCUT2D eigenvalue weighted by Crippen LogP contribution is -2.39. The van der Waals surface area contributed by atoms with Gasteiger partial charge in [0.05, 0.1) is 26.3 Å². The summed E-state index contributed by atoms with van der Waals surface area (Å²) in [7, 11) is 2.55. The second-order valence-electron chi connectivity index (χ2n) is 3.56. The van der Waals surface area contributed by atoms with Crippen molar-refractivity contribution in [2.45, 2.75) is 19.0 Å². The summed E-state index contributed by atoms with van der Waals surface area (Å²) in [4.78, 5) is 26.7. The molecule has 1 atom stereocenters. The number of methoxy groups -OCH3 is 2. The molecular weight excluding hydrogens is 236 g/mol. The Morgan fingerprint density at radius 3 is 2.67 bits per heavy atom. The maximum atomic E-state index is 11.5. The SMILES string of the molecule is COC(=O)C[C@H](NCc1ccccn1)C(=O)OC. The number of aromatic nitrogens is 1. The van der Waals surface area contributed by atoms with Crippen LogP contribution >= 0.6 is 0 Å². The van der Waals surface area contributed by atoms with Crippen LogP contribution in [0.3, 0.4) is 0 Å². The highest BCUT2D eigenvalue weighted by Gasteiger charge is 2.22. The van der Waals surface area contributed by atoms with Gasteiger partial charge in [-0.3, -0.25) is 19.9 Å². The van der Waals surface area contributed by atoms with Crippen molar-refractivity contribution in [1.82, 2.24) is 10.3 Å². The van der Waals surface area contributed by atoms with Gasteiger partial charge in [-0.05, 0) is 12.1 Å². The zero-order valence-electron chi connectivity index (χ0n) is 10.4. The van der Waals surface area contributed by atoms with Crippen LogP contribution in [0.5, 0.6) is 0 Å². The molecule has 0 fully saturated rings. The summed E-state index contributed by atoms with van der Waals surface area (Å²) in [6, 6.07) is 4.73. The highest BCUT2D eigenvalue weighted by atomic mass is 16.5. The Morgan fingerprint density at radius 2 is 2.11 bits per heavy atom. The van der Waals surface area contributed by atoms with E-state index < -0.39 is 18.0 Å². The molecule has 0 spiro atoms. The molecule has 1 aromatic rings. The van der Waals surface area contributed by atoms with Gasteiger partial charge in [-0.15, -0.1) is 0 Å². The van der Waals surface area contributed by atoms with Crippen LogP contribution in [0.4, 0.5) is 0 Å². The van der Waals surface area contributed by atoms with E-state index in [9.17, 15) is 9.59 Å². The first kappa shape index (κ1) is 14.1. The average molecular weight is 252 g/mol. The second kappa shape index (κ2) is 7.39. The third-order valence-corrected chi connectivity index (χ3v) is 2.34. The van der Waals surface area contributed by atoms with E-state index in [0.717, 1.165) is 5.69 Å². The van der Waals surface area contributed by atoms with Gasteiger partial charge in [0.2, 0.25) is 0 Å². The summed E-state index contributed by atoms with van der Waals surface area (Å²) in [6.45, 7) is 0.373. The maximum absolute atomic E-state index is 11.5. The number of nitrogens with zero attached hydrogens (tertiary/aromatic N) is 1. The summed E-state index contributed by atoms with van der Waals surface area (Å²) in [5, 5.41) is 2.91. The molecule has 0 saturated heterocycles. The third kappa shape index (κ3) is 4.50. The van der Waals surface area contributed by atoms with Crippen molar-refractivity contribution in [2.75, 3.05) is 14.2 Å². The molecule has 6 nitrogen and oxygen atoms in total. The van der Waals surface area contributed by atoms with E-state index in [1.54, 1.807) is 12.3 Å². The molecule has 0 bridgehead atoms. The van der Waals surface area contributed by atoms with Crippen LogP contribution in [0, 0.1) is 0 Å². The summed E-state index contributed by atoms with van der Waals surface area (Å²) < 4.78 is 9.14. The molecule has 98 valence electrons. The van der Waals surface area contributed by atoms with Crippen LogP contribution in [0.25, 0.3) is 0 Å². The van der Waals surface area contributed by atoms with E-state index in [1.807, 2.05) is 12.1 Å². The van der Waals surface area contributed by atoms with Gasteiger partial charge in [0.25, 0.3) is 0 Å². The lowest BCUT2D eigenvalue weighted by Gasteiger charge is -2.14. The Labute approximate surface area is 105 Å². The first-order valence-electron chi connectivity index (χ1n) is 5.45. The average Bonchev–Trinajstić information content (AvgIpc) is 2.43. The fraction of sp³-hybridized carbons (Fsp3) is 0.417. The largest absolute Gasteiger partial charge is 0.469 e. The zero-order chi connectivity index (χ0) is 13.4. The molecule has 1 N–H and O–H groups in total. The molecule has 0 aliphatic heterocycles. The minimum absolute atomic E-state index is 0.0734. The van der Waals surface area contributed by atoms with Crippen LogP contribution in [0.2, 0.25) is 0 Å². The van der Waals surface area contributed by atoms with Crippen molar-refractivity contribution in [2.24, 2.45) is 0 Å². The molecular formula is C12H16N2O4. The molecule has 1 rings (SSSR count). The highest BCUT2D eigenvalue weighted by molar-refractivity contribution is 5.82. The van der Waals surface area contributed by atoms with Crippen LogP contribution in [-0.4, -0.2) is 37.2 Å². The smallest absolute Gasteiger partial charge is 0.323 e. The van der Waals surface area contributed by atoms with E-state index in [4.69, 9.17) is 0 Å². The van der Waals surface area contributed by atoms with Crippen LogP contribution in [0.1, 0.15) is 12.1 Å². The molecule has 1 aromatic heterocycles. The van der Waals surface area contributed by atoms with Crippen molar-refractivity contribution in [3.63, 3.8) is 0 Å². The predicted molar refractivity (Wildman–Crippen MR) is 63.5 cm³/mol. The van der Waals surface area contributed by atoms with Gasteiger partial charge in [-0.2, -0.15) is 0 Å². The van der Waals surface area contributed by atoms with E-state index in [-0.39, 0.29) is 6.42 Å². The number of hydrogen-bond acceptors (Lipinski definition) is 6. The number of pyridine rings is 1. The fourth-order valence-corrected chi connectivity index (χ4v) is 1.36. The number of ether oxygens (including phenoxy) is 2. The highest BCUT2D eigenvalue weighted by Crippen LogP contribution is 2.00. The standard InChI is InChI=1S/C12H16N2O4/c1-17-11(15)7-10(12(16)18-2)14-8-9-5-3-4-6-13-9/h3-6,10,14H,7-8H2,1-2H3/t10-/m0/s1. The molecule has 0 amide bonds. The Hall–Kier alpha value is -1.95. The first-order valence-corrected chi connectivity index (χ1v) is 5.45. The molecule has 1 heterocycles. The van der Waals surface area contributed by atoms with Gasteiger partial charge in [-0.25, -0.2) is 0 Å². The number of esters is 2. The Balaban J connectivity index is 2.56. The molecule has 0 aliphatic carbocycles. The summed E-state index contributed by atoms with van der Waals surface area (Å²) in [5.41, 5.74) is 0.774. The monoisotopic (exact) mass is 252 g/mol. The molecule has 0 aromatic carbocycles. The quantitative estimate of drug-likeness (QED) is 0.732. The first-order chi connectivity index (χ1) is 8.67. The minimum atomic E-state index is -0.732. The van der Waals surface area contributed by atoms with E-state index in [1.165, 1.54) is 14.2 Å². The van der Waals surface area contributed by atoms with Gasteiger partial charge in [0, 0.05) is 12.7 Å². The molecule has 0 aliphatic rings. The van der Waals surface area contributed by atoms with Crippen LogP contribution in [0.15, 0.2) is 24.4 Å². The summed E-state index contributed by atoms with van der Waals surface area (Å²) in [5.74, 6) is -0.977. The van der Waals surface area contributed by atoms with Crippen molar-refractivity contribution < 1.29 is 19.1 Å². The molecule has 18 heavy (non-hydrogen) atoms. The maximum Gasteiger partial charge on any atom is 0.323 e. The molecule has 0 radical (unpaired) electrons. The van der Waals surface area contributed by atoms with Crippen LogP contribution in [-0.2, 0) is 25.6 Å². The van der Waals surface area contributed by atoms with Gasteiger partial charge < -0.3 is 9.47 Å². The zero-order valence-corrected chi connectivity index (χ0v) is 10.4. The third-order valence-electron chi connectivity index (χ3n) is 2.34. The minimum Gasteiger partial charge on any atom is -0.469 e. The second-order valence-corrected chi connectivity index (χ2v) is 3.56. The van der Waals surface area contributed by atoms with Crippen molar-refractivity contribution in [1.29, 1.82) is 0 Å². The number of nitrogens with one attached hydrogen (secondary N) is 1. The van der Waals surface area contributed by atoms with E-state index in [0.29, 0.717) is 6.54 Å². The Kier molecular flexibility index (Phi) is 5.79. The lowest BCUT2D eigenvalue weighted by molar-refractivity contribution is -0.149. The summed E-state index contributed by atoms with van der Waals surface area (Å²) >= 11 is 0. The van der Waals surface area contributed by atoms with Gasteiger partial charge in [-0.1, -0.05) is 6.07 Å². The lowest BCUT2D eigenvalue weighted by atomic mass is 10.2. The van der Waals surface area contributed by atoms with Gasteiger partial charge >= 0.3 is 11.9 Å². The van der Waals surface area contributed by atoms with E-state index in [2.05, 4.69) is 19.8 Å². The van der Waals surface area contributed by atoms with Crippen molar-refractivity contribution >= 4 is 11.9 Å². The topological polar surface area (TPSA) is 77.5 Å². The molecule has 6 heteroatoms. The Bertz CT molecular complexity index is 394.